The summed E-state index contributed by atoms with van der Waals surface area (Å²) in [6.45, 7) is 3.91. The lowest BCUT2D eigenvalue weighted by molar-refractivity contribution is -0.143. The Kier molecular flexibility index (Phi) is 5.41. The largest absolute Gasteiger partial charge is 0.491 e. The lowest BCUT2D eigenvalue weighted by Gasteiger charge is -2.25. The van der Waals surface area contributed by atoms with Crippen LogP contribution in [0.5, 0.6) is 5.75 Å². The minimum Gasteiger partial charge on any atom is -0.491 e. The average Bonchev–Trinajstić information content (AvgIpc) is 2.49. The molecule has 1 aliphatic rings. The van der Waals surface area contributed by atoms with Crippen molar-refractivity contribution < 1.29 is 19.4 Å². The van der Waals surface area contributed by atoms with Gasteiger partial charge in [-0.05, 0) is 57.4 Å². The zero-order valence-electron chi connectivity index (χ0n) is 13.0. The smallest absolute Gasteiger partial charge is 0.306 e. The van der Waals surface area contributed by atoms with E-state index in [1.54, 1.807) is 12.1 Å². The van der Waals surface area contributed by atoms with Gasteiger partial charge in [0.2, 0.25) is 5.91 Å². The summed E-state index contributed by atoms with van der Waals surface area (Å²) in [5.74, 6) is -0.750. The number of carboxylic acids is 1. The van der Waals surface area contributed by atoms with Crippen molar-refractivity contribution in [3.05, 3.63) is 24.3 Å². The van der Waals surface area contributed by atoms with Crippen LogP contribution in [0.25, 0.3) is 0 Å². The minimum absolute atomic E-state index is 0.0940. The molecule has 2 rings (SSSR count). The van der Waals surface area contributed by atoms with Gasteiger partial charge in [-0.2, -0.15) is 0 Å². The third kappa shape index (κ3) is 4.48. The monoisotopic (exact) mass is 305 g/mol. The first-order valence-corrected chi connectivity index (χ1v) is 7.76. The highest BCUT2D eigenvalue weighted by Gasteiger charge is 2.30. The Labute approximate surface area is 130 Å². The Morgan fingerprint density at radius 2 is 1.82 bits per heavy atom. The summed E-state index contributed by atoms with van der Waals surface area (Å²) in [5, 5.41) is 11.9. The second-order valence-electron chi connectivity index (χ2n) is 6.08. The number of benzene rings is 1. The molecule has 0 aromatic heterocycles. The number of carboxylic acid groups (broad SMARTS) is 1. The molecule has 1 fully saturated rings. The first-order valence-electron chi connectivity index (χ1n) is 7.76. The van der Waals surface area contributed by atoms with Crippen molar-refractivity contribution in [3.8, 4) is 5.75 Å². The second kappa shape index (κ2) is 7.29. The Morgan fingerprint density at radius 3 is 2.41 bits per heavy atom. The Bertz CT molecular complexity index is 524. The van der Waals surface area contributed by atoms with Gasteiger partial charge in [0, 0.05) is 11.6 Å². The number of hydrogen-bond acceptors (Lipinski definition) is 3. The van der Waals surface area contributed by atoms with E-state index in [1.807, 2.05) is 26.0 Å². The molecule has 1 aliphatic carbocycles. The second-order valence-corrected chi connectivity index (χ2v) is 6.08. The van der Waals surface area contributed by atoms with Crippen LogP contribution in [0.15, 0.2) is 24.3 Å². The number of hydrogen-bond donors (Lipinski definition) is 2. The summed E-state index contributed by atoms with van der Waals surface area (Å²) in [6, 6.07) is 7.23. The predicted molar refractivity (Wildman–Crippen MR) is 83.9 cm³/mol. The maximum atomic E-state index is 12.3. The van der Waals surface area contributed by atoms with Crippen molar-refractivity contribution in [1.82, 2.24) is 0 Å². The SMILES string of the molecule is CC(C)Oc1ccc(NC(=O)C2CCCC(C(=O)O)C2)cc1. The van der Waals surface area contributed by atoms with E-state index in [0.717, 1.165) is 18.6 Å². The molecule has 2 N–H and O–H groups in total. The molecule has 0 bridgehead atoms. The molecule has 0 aliphatic heterocycles. The van der Waals surface area contributed by atoms with Crippen molar-refractivity contribution in [3.63, 3.8) is 0 Å². The zero-order chi connectivity index (χ0) is 16.1. The molecule has 0 spiro atoms. The molecule has 1 aromatic rings. The number of carbonyl (C=O) groups is 2. The minimum atomic E-state index is -0.798. The van der Waals surface area contributed by atoms with E-state index < -0.39 is 11.9 Å². The van der Waals surface area contributed by atoms with Crippen molar-refractivity contribution >= 4 is 17.6 Å². The normalized spacial score (nSPS) is 21.4. The number of carbonyl (C=O) groups excluding carboxylic acids is 1. The molecule has 5 nitrogen and oxygen atoms in total. The van der Waals surface area contributed by atoms with E-state index in [9.17, 15) is 9.59 Å². The highest BCUT2D eigenvalue weighted by atomic mass is 16.5. The van der Waals surface area contributed by atoms with Gasteiger partial charge in [-0.25, -0.2) is 0 Å². The summed E-state index contributed by atoms with van der Waals surface area (Å²) in [7, 11) is 0. The van der Waals surface area contributed by atoms with Crippen LogP contribution in [0.2, 0.25) is 0 Å². The number of rotatable bonds is 5. The van der Waals surface area contributed by atoms with Gasteiger partial charge in [0.1, 0.15) is 5.75 Å². The summed E-state index contributed by atoms with van der Waals surface area (Å²) in [5.41, 5.74) is 0.707. The molecule has 0 heterocycles. The summed E-state index contributed by atoms with van der Waals surface area (Å²) in [4.78, 5) is 23.3. The lowest BCUT2D eigenvalue weighted by atomic mass is 9.81. The van der Waals surface area contributed by atoms with Crippen LogP contribution in [0.1, 0.15) is 39.5 Å². The fourth-order valence-electron chi connectivity index (χ4n) is 2.79. The Morgan fingerprint density at radius 1 is 1.18 bits per heavy atom. The van der Waals surface area contributed by atoms with Gasteiger partial charge in [0.15, 0.2) is 0 Å². The van der Waals surface area contributed by atoms with Crippen LogP contribution < -0.4 is 10.1 Å². The van der Waals surface area contributed by atoms with E-state index in [4.69, 9.17) is 9.84 Å². The van der Waals surface area contributed by atoms with E-state index >= 15 is 0 Å². The van der Waals surface area contributed by atoms with Gasteiger partial charge in [-0.15, -0.1) is 0 Å². The van der Waals surface area contributed by atoms with Gasteiger partial charge < -0.3 is 15.2 Å². The molecule has 22 heavy (non-hydrogen) atoms. The van der Waals surface area contributed by atoms with E-state index in [-0.39, 0.29) is 17.9 Å². The number of nitrogens with one attached hydrogen (secondary N) is 1. The topological polar surface area (TPSA) is 75.6 Å². The van der Waals surface area contributed by atoms with Crippen LogP contribution in [0.4, 0.5) is 5.69 Å². The van der Waals surface area contributed by atoms with Crippen LogP contribution in [0.3, 0.4) is 0 Å². The predicted octanol–water partition coefficient (Wildman–Crippen LogP) is 3.30. The van der Waals surface area contributed by atoms with E-state index in [1.165, 1.54) is 0 Å². The van der Waals surface area contributed by atoms with Gasteiger partial charge in [0.25, 0.3) is 0 Å². The van der Waals surface area contributed by atoms with Crippen molar-refractivity contribution in [2.45, 2.75) is 45.6 Å². The van der Waals surface area contributed by atoms with Gasteiger partial charge >= 0.3 is 5.97 Å². The Hall–Kier alpha value is -2.04. The first-order chi connectivity index (χ1) is 10.5. The molecule has 2 unspecified atom stereocenters. The van der Waals surface area contributed by atoms with Crippen LogP contribution in [0, 0.1) is 11.8 Å². The van der Waals surface area contributed by atoms with Gasteiger partial charge in [0.05, 0.1) is 12.0 Å². The van der Waals surface area contributed by atoms with Crippen molar-refractivity contribution in [2.75, 3.05) is 5.32 Å². The fraction of sp³-hybridized carbons (Fsp3) is 0.529. The lowest BCUT2D eigenvalue weighted by Crippen LogP contribution is -2.30. The molecule has 0 radical (unpaired) electrons. The number of aliphatic carboxylic acids is 1. The fourth-order valence-corrected chi connectivity index (χ4v) is 2.79. The standard InChI is InChI=1S/C17H23NO4/c1-11(2)22-15-8-6-14(7-9-15)18-16(19)12-4-3-5-13(10-12)17(20)21/h6-9,11-13H,3-5,10H2,1-2H3,(H,18,19)(H,20,21). The van der Waals surface area contributed by atoms with Crippen LogP contribution >= 0.6 is 0 Å². The van der Waals surface area contributed by atoms with E-state index in [0.29, 0.717) is 18.5 Å². The van der Waals surface area contributed by atoms with Gasteiger partial charge in [-0.1, -0.05) is 6.42 Å². The van der Waals surface area contributed by atoms with Crippen LogP contribution in [-0.4, -0.2) is 23.1 Å². The highest BCUT2D eigenvalue weighted by Crippen LogP contribution is 2.30. The molecule has 1 amide bonds. The van der Waals surface area contributed by atoms with E-state index in [2.05, 4.69) is 5.32 Å². The number of ether oxygens (including phenoxy) is 1. The molecule has 1 aromatic carbocycles. The maximum absolute atomic E-state index is 12.3. The summed E-state index contributed by atoms with van der Waals surface area (Å²) in [6.07, 6.45) is 2.74. The molecule has 5 heteroatoms. The molecule has 0 saturated heterocycles. The van der Waals surface area contributed by atoms with Crippen molar-refractivity contribution in [2.24, 2.45) is 11.8 Å². The van der Waals surface area contributed by atoms with Crippen molar-refractivity contribution in [1.29, 1.82) is 0 Å². The highest BCUT2D eigenvalue weighted by molar-refractivity contribution is 5.93. The molecule has 1 saturated carbocycles. The molecular weight excluding hydrogens is 282 g/mol. The summed E-state index contributed by atoms with van der Waals surface area (Å²) >= 11 is 0. The van der Waals surface area contributed by atoms with Gasteiger partial charge in [-0.3, -0.25) is 9.59 Å². The third-order valence-electron chi connectivity index (χ3n) is 3.89. The molecule has 2 atom stereocenters. The third-order valence-corrected chi connectivity index (χ3v) is 3.89. The zero-order valence-corrected chi connectivity index (χ0v) is 13.0. The first kappa shape index (κ1) is 16.3. The van der Waals surface area contributed by atoms with Crippen LogP contribution in [-0.2, 0) is 9.59 Å². The quantitative estimate of drug-likeness (QED) is 0.875. The number of amides is 1. The molecular formula is C17H23NO4. The number of anilines is 1. The average molecular weight is 305 g/mol. The maximum Gasteiger partial charge on any atom is 0.306 e. The Balaban J connectivity index is 1.92. The molecule has 120 valence electrons. The summed E-state index contributed by atoms with van der Waals surface area (Å²) < 4.78 is 5.55.